The fourth-order valence-electron chi connectivity index (χ4n) is 1.80. The fraction of sp³-hybridized carbons (Fsp3) is 0.364. The van der Waals surface area contributed by atoms with Crippen molar-refractivity contribution in [1.82, 2.24) is 4.57 Å². The Labute approximate surface area is 102 Å². The third kappa shape index (κ3) is 2.34. The lowest BCUT2D eigenvalue weighted by atomic mass is 10.1. The van der Waals surface area contributed by atoms with Gasteiger partial charge in [0.05, 0.1) is 10.6 Å². The third-order valence-corrected chi connectivity index (χ3v) is 2.58. The van der Waals surface area contributed by atoms with E-state index in [4.69, 9.17) is 0 Å². The second-order valence-electron chi connectivity index (χ2n) is 3.89. The van der Waals surface area contributed by atoms with Gasteiger partial charge >= 0.3 is 0 Å². The van der Waals surface area contributed by atoms with Gasteiger partial charge in [-0.15, -0.1) is 0 Å². The van der Waals surface area contributed by atoms with Crippen LogP contribution in [0, 0.1) is 17.0 Å². The molecule has 0 N–H and O–H groups in total. The zero-order chi connectivity index (χ0) is 14.0. The second kappa shape index (κ2) is 4.91. The van der Waals surface area contributed by atoms with Crippen LogP contribution in [0.1, 0.15) is 25.6 Å². The van der Waals surface area contributed by atoms with Crippen LogP contribution in [0.5, 0.6) is 0 Å². The molecule has 1 aromatic rings. The number of pyridine rings is 1. The van der Waals surface area contributed by atoms with Crippen molar-refractivity contribution in [3.63, 3.8) is 0 Å². The van der Waals surface area contributed by atoms with Gasteiger partial charge in [-0.25, -0.2) is 0 Å². The number of hydrogen-bond donors (Lipinski definition) is 0. The first kappa shape index (κ1) is 13.8. The van der Waals surface area contributed by atoms with Gasteiger partial charge in [0.15, 0.2) is 17.6 Å². The highest BCUT2D eigenvalue weighted by Crippen LogP contribution is 2.19. The minimum Gasteiger partial charge on any atom is -0.297 e. The quantitative estimate of drug-likeness (QED) is 0.448. The summed E-state index contributed by atoms with van der Waals surface area (Å²) in [7, 11) is 0. The number of carbonyl (C=O) groups excluding carboxylic acids is 2. The van der Waals surface area contributed by atoms with E-state index in [2.05, 4.69) is 0 Å². The van der Waals surface area contributed by atoms with E-state index in [0.717, 1.165) is 30.5 Å². The normalized spacial score (nSPS) is 10.4. The average molecular weight is 252 g/mol. The highest BCUT2D eigenvalue weighted by Gasteiger charge is 2.27. The fourth-order valence-corrected chi connectivity index (χ4v) is 1.80. The minimum atomic E-state index is -1.31. The zero-order valence-electron chi connectivity index (χ0n) is 10.2. The van der Waals surface area contributed by atoms with Crippen LogP contribution in [-0.4, -0.2) is 21.1 Å². The number of Topliss-reactive ketones (excluding diaryl/α,β-unsaturated/α-hetero) is 2. The maximum atomic E-state index is 11.7. The van der Waals surface area contributed by atoms with Gasteiger partial charge < -0.3 is 0 Å². The molecule has 0 aromatic carbocycles. The molecule has 0 saturated heterocycles. The summed E-state index contributed by atoms with van der Waals surface area (Å²) in [5.41, 5.74) is -0.932. The molecular formula is C11H12N2O5. The lowest BCUT2D eigenvalue weighted by Gasteiger charge is -2.16. The Morgan fingerprint density at radius 3 is 2.17 bits per heavy atom. The summed E-state index contributed by atoms with van der Waals surface area (Å²) in [5, 5.41) is 10.8. The molecule has 0 amide bonds. The van der Waals surface area contributed by atoms with Gasteiger partial charge in [0, 0.05) is 12.1 Å². The molecular weight excluding hydrogens is 240 g/mol. The number of carbonyl (C=O) groups is 2. The SMILES string of the molecule is CC(=O)C(C(C)=O)n1c(C)c([N+](=O)[O-])ccc1=O. The van der Waals surface area contributed by atoms with Gasteiger partial charge in [-0.3, -0.25) is 29.1 Å². The second-order valence-corrected chi connectivity index (χ2v) is 3.89. The van der Waals surface area contributed by atoms with Crippen molar-refractivity contribution < 1.29 is 14.5 Å². The summed E-state index contributed by atoms with van der Waals surface area (Å²) in [5.74, 6) is -1.07. The summed E-state index contributed by atoms with van der Waals surface area (Å²) in [6.45, 7) is 3.66. The standard InChI is InChI=1S/C11H12N2O5/c1-6-9(13(17)18)4-5-10(16)12(6)11(7(2)14)8(3)15/h4-5,11H,1-3H3. The Kier molecular flexibility index (Phi) is 3.75. The van der Waals surface area contributed by atoms with E-state index < -0.39 is 28.1 Å². The Balaban J connectivity index is 3.62. The molecule has 1 heterocycles. The summed E-state index contributed by atoms with van der Waals surface area (Å²) in [4.78, 5) is 44.6. The Morgan fingerprint density at radius 2 is 1.78 bits per heavy atom. The smallest absolute Gasteiger partial charge is 0.288 e. The highest BCUT2D eigenvalue weighted by atomic mass is 16.6. The molecule has 18 heavy (non-hydrogen) atoms. The summed E-state index contributed by atoms with van der Waals surface area (Å²) in [6.07, 6.45) is 0. The lowest BCUT2D eigenvalue weighted by molar-refractivity contribution is -0.386. The van der Waals surface area contributed by atoms with Crippen molar-refractivity contribution in [2.45, 2.75) is 26.8 Å². The minimum absolute atomic E-state index is 0.0112. The van der Waals surface area contributed by atoms with Gasteiger partial charge in [-0.05, 0) is 20.8 Å². The van der Waals surface area contributed by atoms with Crippen LogP contribution in [0.2, 0.25) is 0 Å². The van der Waals surface area contributed by atoms with Crippen molar-refractivity contribution in [1.29, 1.82) is 0 Å². The molecule has 0 aliphatic rings. The summed E-state index contributed by atoms with van der Waals surface area (Å²) < 4.78 is 0.864. The van der Waals surface area contributed by atoms with Crippen molar-refractivity contribution in [3.05, 3.63) is 38.3 Å². The van der Waals surface area contributed by atoms with Gasteiger partial charge in [0.25, 0.3) is 11.2 Å². The Bertz CT molecular complexity index is 574. The molecule has 96 valence electrons. The lowest BCUT2D eigenvalue weighted by Crippen LogP contribution is -2.34. The van der Waals surface area contributed by atoms with Crippen molar-refractivity contribution in [2.75, 3.05) is 0 Å². The zero-order valence-corrected chi connectivity index (χ0v) is 10.2. The van der Waals surface area contributed by atoms with E-state index in [1.54, 1.807) is 0 Å². The van der Waals surface area contributed by atoms with Crippen LogP contribution in [0.15, 0.2) is 16.9 Å². The molecule has 0 bridgehead atoms. The third-order valence-electron chi connectivity index (χ3n) is 2.58. The molecule has 7 heteroatoms. The van der Waals surface area contributed by atoms with Crippen molar-refractivity contribution >= 4 is 17.3 Å². The van der Waals surface area contributed by atoms with E-state index in [1.807, 2.05) is 0 Å². The van der Waals surface area contributed by atoms with E-state index in [-0.39, 0.29) is 11.4 Å². The molecule has 0 aliphatic heterocycles. The van der Waals surface area contributed by atoms with Crippen molar-refractivity contribution in [3.8, 4) is 0 Å². The van der Waals surface area contributed by atoms with Gasteiger partial charge in [-0.1, -0.05) is 0 Å². The molecule has 0 radical (unpaired) electrons. The predicted octanol–water partition coefficient (Wildman–Crippen LogP) is 0.784. The summed E-state index contributed by atoms with van der Waals surface area (Å²) in [6, 6.07) is 0.729. The monoisotopic (exact) mass is 252 g/mol. The van der Waals surface area contributed by atoms with Crippen LogP contribution in [-0.2, 0) is 9.59 Å². The van der Waals surface area contributed by atoms with Crippen LogP contribution < -0.4 is 5.56 Å². The van der Waals surface area contributed by atoms with Gasteiger partial charge in [-0.2, -0.15) is 0 Å². The first-order valence-electron chi connectivity index (χ1n) is 5.14. The molecule has 0 atom stereocenters. The van der Waals surface area contributed by atoms with E-state index in [0.29, 0.717) is 0 Å². The van der Waals surface area contributed by atoms with Crippen molar-refractivity contribution in [2.24, 2.45) is 0 Å². The number of aromatic nitrogens is 1. The number of nitrogens with zero attached hydrogens (tertiary/aromatic N) is 2. The van der Waals surface area contributed by atoms with E-state index in [1.165, 1.54) is 6.92 Å². The van der Waals surface area contributed by atoms with Crippen LogP contribution >= 0.6 is 0 Å². The highest BCUT2D eigenvalue weighted by molar-refractivity contribution is 6.02. The molecule has 0 aliphatic carbocycles. The maximum absolute atomic E-state index is 11.7. The topological polar surface area (TPSA) is 99.3 Å². The maximum Gasteiger partial charge on any atom is 0.288 e. The predicted molar refractivity (Wildman–Crippen MR) is 62.5 cm³/mol. The number of rotatable bonds is 4. The van der Waals surface area contributed by atoms with Crippen LogP contribution in [0.25, 0.3) is 0 Å². The molecule has 1 rings (SSSR count). The first-order valence-corrected chi connectivity index (χ1v) is 5.14. The summed E-state index contributed by atoms with van der Waals surface area (Å²) >= 11 is 0. The Morgan fingerprint density at radius 1 is 1.28 bits per heavy atom. The van der Waals surface area contributed by atoms with Crippen LogP contribution in [0.4, 0.5) is 5.69 Å². The van der Waals surface area contributed by atoms with Gasteiger partial charge in [0.1, 0.15) is 0 Å². The molecule has 0 fully saturated rings. The van der Waals surface area contributed by atoms with E-state index in [9.17, 15) is 24.5 Å². The Hall–Kier alpha value is -2.31. The molecule has 0 unspecified atom stereocenters. The number of nitro groups is 1. The molecule has 0 saturated carbocycles. The largest absolute Gasteiger partial charge is 0.297 e. The first-order chi connectivity index (χ1) is 8.27. The molecule has 0 spiro atoms. The van der Waals surface area contributed by atoms with Crippen LogP contribution in [0.3, 0.4) is 0 Å². The number of hydrogen-bond acceptors (Lipinski definition) is 5. The number of ketones is 2. The van der Waals surface area contributed by atoms with E-state index >= 15 is 0 Å². The average Bonchev–Trinajstić information content (AvgIpc) is 2.21. The van der Waals surface area contributed by atoms with Gasteiger partial charge in [0.2, 0.25) is 0 Å². The molecule has 7 nitrogen and oxygen atoms in total. The molecule has 1 aromatic heterocycles.